The van der Waals surface area contributed by atoms with E-state index in [2.05, 4.69) is 10.3 Å². The molecule has 188 valence electrons. The van der Waals surface area contributed by atoms with Gasteiger partial charge in [-0.2, -0.15) is 0 Å². The van der Waals surface area contributed by atoms with E-state index < -0.39 is 0 Å². The van der Waals surface area contributed by atoms with Crippen LogP contribution in [0.25, 0.3) is 10.8 Å². The van der Waals surface area contributed by atoms with Crippen LogP contribution in [0.2, 0.25) is 0 Å². The number of carbonyl (C=O) groups is 2. The third-order valence-corrected chi connectivity index (χ3v) is 6.75. The third-order valence-electron chi connectivity index (χ3n) is 6.75. The van der Waals surface area contributed by atoms with Crippen molar-refractivity contribution in [2.75, 3.05) is 25.5 Å². The van der Waals surface area contributed by atoms with Gasteiger partial charge in [0.15, 0.2) is 11.5 Å². The maximum Gasteiger partial charge on any atom is 0.254 e. The minimum atomic E-state index is -0.167. The van der Waals surface area contributed by atoms with Crippen molar-refractivity contribution in [3.05, 3.63) is 96.3 Å². The Labute approximate surface area is 216 Å². The number of aromatic nitrogens is 1. The number of hydrogen-bond acceptors (Lipinski definition) is 5. The van der Waals surface area contributed by atoms with Gasteiger partial charge >= 0.3 is 0 Å². The van der Waals surface area contributed by atoms with Gasteiger partial charge in [0.05, 0.1) is 7.11 Å². The van der Waals surface area contributed by atoms with Crippen LogP contribution in [-0.2, 0) is 11.4 Å². The minimum absolute atomic E-state index is 0.0156. The van der Waals surface area contributed by atoms with E-state index in [0.717, 1.165) is 16.3 Å². The number of nitrogens with one attached hydrogen (secondary N) is 1. The smallest absolute Gasteiger partial charge is 0.254 e. The van der Waals surface area contributed by atoms with Crippen molar-refractivity contribution in [2.24, 2.45) is 5.92 Å². The molecule has 0 saturated carbocycles. The Bertz CT molecular complexity index is 1390. The molecule has 7 nitrogen and oxygen atoms in total. The van der Waals surface area contributed by atoms with Crippen LogP contribution in [0.3, 0.4) is 0 Å². The second kappa shape index (κ2) is 11.1. The van der Waals surface area contributed by atoms with Crippen molar-refractivity contribution in [2.45, 2.75) is 19.4 Å². The Kier molecular flexibility index (Phi) is 7.31. The lowest BCUT2D eigenvalue weighted by Gasteiger charge is -2.31. The first kappa shape index (κ1) is 24.3. The highest BCUT2D eigenvalue weighted by Crippen LogP contribution is 2.32. The fraction of sp³-hybridized carbons (Fsp3) is 0.233. The highest BCUT2D eigenvalue weighted by Gasteiger charge is 2.28. The van der Waals surface area contributed by atoms with E-state index in [1.807, 2.05) is 59.5 Å². The van der Waals surface area contributed by atoms with Gasteiger partial charge in [-0.15, -0.1) is 0 Å². The summed E-state index contributed by atoms with van der Waals surface area (Å²) in [5.41, 5.74) is 2.33. The Morgan fingerprint density at radius 2 is 1.70 bits per heavy atom. The molecule has 1 aliphatic rings. The predicted octanol–water partition coefficient (Wildman–Crippen LogP) is 5.31. The number of rotatable bonds is 7. The summed E-state index contributed by atoms with van der Waals surface area (Å²) in [4.78, 5) is 32.1. The summed E-state index contributed by atoms with van der Waals surface area (Å²) >= 11 is 0. The van der Waals surface area contributed by atoms with Crippen LogP contribution >= 0.6 is 0 Å². The van der Waals surface area contributed by atoms with Gasteiger partial charge in [-0.3, -0.25) is 14.6 Å². The number of pyridine rings is 1. The second-order valence-corrected chi connectivity index (χ2v) is 9.09. The number of carbonyl (C=O) groups excluding carboxylic acids is 2. The molecule has 0 unspecified atom stereocenters. The topological polar surface area (TPSA) is 80.8 Å². The number of fused-ring (bicyclic) bond motifs is 1. The van der Waals surface area contributed by atoms with E-state index in [4.69, 9.17) is 9.47 Å². The summed E-state index contributed by atoms with van der Waals surface area (Å²) in [7, 11) is 1.58. The van der Waals surface area contributed by atoms with E-state index in [1.54, 1.807) is 37.7 Å². The van der Waals surface area contributed by atoms with Gasteiger partial charge in [-0.25, -0.2) is 0 Å². The van der Waals surface area contributed by atoms with Crippen LogP contribution in [0.15, 0.2) is 85.2 Å². The number of anilines is 1. The van der Waals surface area contributed by atoms with Crippen molar-refractivity contribution in [1.82, 2.24) is 9.88 Å². The first-order valence-corrected chi connectivity index (χ1v) is 12.4. The molecular formula is C30H29N3O4. The summed E-state index contributed by atoms with van der Waals surface area (Å²) in [5.74, 6) is 0.934. The van der Waals surface area contributed by atoms with E-state index in [0.29, 0.717) is 55.3 Å². The standard InChI is InChI=1S/C30H29N3O4/c1-36-27-10-9-24(19-28(27)37-20-21-11-15-31-16-12-21)32-29(34)23-13-17-33(18-14-23)30(35)26-8-4-6-22-5-2-3-7-25(22)26/h2-12,15-16,19,23H,13-14,17-18,20H2,1H3,(H,32,34). The monoisotopic (exact) mass is 495 g/mol. The van der Waals surface area contributed by atoms with Crippen molar-refractivity contribution < 1.29 is 19.1 Å². The van der Waals surface area contributed by atoms with E-state index >= 15 is 0 Å². The summed E-state index contributed by atoms with van der Waals surface area (Å²) < 4.78 is 11.4. The summed E-state index contributed by atoms with van der Waals surface area (Å²) in [6, 6.07) is 22.8. The van der Waals surface area contributed by atoms with Gasteiger partial charge in [0, 0.05) is 48.7 Å². The van der Waals surface area contributed by atoms with Crippen LogP contribution in [0.4, 0.5) is 5.69 Å². The molecule has 0 spiro atoms. The zero-order valence-electron chi connectivity index (χ0n) is 20.7. The number of likely N-dealkylation sites (tertiary alicyclic amines) is 1. The molecule has 1 aliphatic heterocycles. The number of hydrogen-bond donors (Lipinski definition) is 1. The molecule has 0 aliphatic carbocycles. The lowest BCUT2D eigenvalue weighted by molar-refractivity contribution is -0.121. The Morgan fingerprint density at radius 1 is 0.946 bits per heavy atom. The number of nitrogens with zero attached hydrogens (tertiary/aromatic N) is 2. The van der Waals surface area contributed by atoms with Crippen molar-refractivity contribution in [1.29, 1.82) is 0 Å². The average molecular weight is 496 g/mol. The van der Waals surface area contributed by atoms with Gasteiger partial charge < -0.3 is 19.7 Å². The molecule has 1 N–H and O–H groups in total. The molecule has 0 radical (unpaired) electrons. The molecule has 3 aromatic carbocycles. The van der Waals surface area contributed by atoms with Crippen LogP contribution in [0.5, 0.6) is 11.5 Å². The molecule has 0 atom stereocenters. The minimum Gasteiger partial charge on any atom is -0.493 e. The molecule has 1 fully saturated rings. The summed E-state index contributed by atoms with van der Waals surface area (Å²) in [5, 5.41) is 5.02. The van der Waals surface area contributed by atoms with Crippen molar-refractivity contribution in [3.8, 4) is 11.5 Å². The van der Waals surface area contributed by atoms with E-state index in [1.165, 1.54) is 0 Å². The number of ether oxygens (including phenoxy) is 2. The summed E-state index contributed by atoms with van der Waals surface area (Å²) in [6.45, 7) is 1.45. The fourth-order valence-electron chi connectivity index (χ4n) is 4.68. The molecule has 5 rings (SSSR count). The number of methoxy groups -OCH3 is 1. The van der Waals surface area contributed by atoms with Crippen molar-refractivity contribution >= 4 is 28.3 Å². The molecule has 0 bridgehead atoms. The molecule has 2 heterocycles. The van der Waals surface area contributed by atoms with Crippen LogP contribution in [-0.4, -0.2) is 41.9 Å². The lowest BCUT2D eigenvalue weighted by Crippen LogP contribution is -2.41. The number of benzene rings is 3. The number of amides is 2. The first-order valence-electron chi connectivity index (χ1n) is 12.4. The maximum atomic E-state index is 13.2. The van der Waals surface area contributed by atoms with Gasteiger partial charge in [0.2, 0.25) is 5.91 Å². The highest BCUT2D eigenvalue weighted by molar-refractivity contribution is 6.07. The first-order chi connectivity index (χ1) is 18.1. The van der Waals surface area contributed by atoms with Gasteiger partial charge in [-0.1, -0.05) is 36.4 Å². The van der Waals surface area contributed by atoms with Gasteiger partial charge in [0.25, 0.3) is 5.91 Å². The van der Waals surface area contributed by atoms with Gasteiger partial charge in [-0.05, 0) is 59.5 Å². The summed E-state index contributed by atoms with van der Waals surface area (Å²) in [6.07, 6.45) is 4.66. The molecule has 4 aromatic rings. The van der Waals surface area contributed by atoms with E-state index in [-0.39, 0.29) is 17.7 Å². The molecule has 37 heavy (non-hydrogen) atoms. The predicted molar refractivity (Wildman–Crippen MR) is 143 cm³/mol. The molecule has 7 heteroatoms. The molecule has 1 saturated heterocycles. The Hall–Kier alpha value is -4.39. The molecule has 1 aromatic heterocycles. The van der Waals surface area contributed by atoms with Crippen LogP contribution in [0, 0.1) is 5.92 Å². The fourth-order valence-corrected chi connectivity index (χ4v) is 4.68. The van der Waals surface area contributed by atoms with Crippen molar-refractivity contribution in [3.63, 3.8) is 0 Å². The zero-order valence-corrected chi connectivity index (χ0v) is 20.7. The normalized spacial score (nSPS) is 13.8. The SMILES string of the molecule is COc1ccc(NC(=O)C2CCN(C(=O)c3cccc4ccccc34)CC2)cc1OCc1ccncc1. The third kappa shape index (κ3) is 5.56. The quantitative estimate of drug-likeness (QED) is 0.376. The average Bonchev–Trinajstić information content (AvgIpc) is 2.96. The Morgan fingerprint density at radius 3 is 2.49 bits per heavy atom. The second-order valence-electron chi connectivity index (χ2n) is 9.09. The number of piperidine rings is 1. The van der Waals surface area contributed by atoms with E-state index in [9.17, 15) is 9.59 Å². The molecular weight excluding hydrogens is 466 g/mol. The highest BCUT2D eigenvalue weighted by atomic mass is 16.5. The largest absolute Gasteiger partial charge is 0.493 e. The maximum absolute atomic E-state index is 13.2. The zero-order chi connectivity index (χ0) is 25.6. The molecule has 2 amide bonds. The van der Waals surface area contributed by atoms with Crippen LogP contribution < -0.4 is 14.8 Å². The lowest BCUT2D eigenvalue weighted by atomic mass is 9.94. The Balaban J connectivity index is 1.20. The van der Waals surface area contributed by atoms with Gasteiger partial charge in [0.1, 0.15) is 6.61 Å². The van der Waals surface area contributed by atoms with Crippen LogP contribution in [0.1, 0.15) is 28.8 Å².